The molecule has 1 aliphatic carbocycles. The Balaban J connectivity index is 2.26. The molecule has 1 rings (SSSR count). The summed E-state index contributed by atoms with van der Waals surface area (Å²) in [5, 5.41) is 8.76. The molecular formula is C5H10NO. The molecule has 2 heteroatoms. The van der Waals surface area contributed by atoms with Crippen molar-refractivity contribution in [3.63, 3.8) is 0 Å². The quantitative estimate of drug-likeness (QED) is 0.438. The number of hydrogen-bond donors (Lipinski definition) is 2. The standard InChI is InChI=1S/C5H10NO/c6-4-1-2-5(7)3-4/h2,4-5,7H,1,3,6H2. The van der Waals surface area contributed by atoms with Crippen molar-refractivity contribution >= 4 is 0 Å². The summed E-state index contributed by atoms with van der Waals surface area (Å²) in [5.41, 5.74) is 5.43. The number of rotatable bonds is 0. The first-order chi connectivity index (χ1) is 3.29. The zero-order valence-corrected chi connectivity index (χ0v) is 4.17. The summed E-state index contributed by atoms with van der Waals surface area (Å²) in [6.07, 6.45) is 3.25. The van der Waals surface area contributed by atoms with Gasteiger partial charge in [-0.1, -0.05) is 0 Å². The third-order valence-corrected chi connectivity index (χ3v) is 1.26. The Morgan fingerprint density at radius 2 is 2.43 bits per heavy atom. The molecule has 0 heterocycles. The smallest absolute Gasteiger partial charge is 0.0587 e. The van der Waals surface area contributed by atoms with Gasteiger partial charge in [-0.25, -0.2) is 0 Å². The van der Waals surface area contributed by atoms with Gasteiger partial charge in [-0.05, 0) is 19.3 Å². The Kier molecular flexibility index (Phi) is 1.30. The molecule has 0 aromatic heterocycles. The van der Waals surface area contributed by atoms with E-state index in [9.17, 15) is 0 Å². The molecule has 0 aliphatic heterocycles. The second-order valence-electron chi connectivity index (χ2n) is 2.03. The van der Waals surface area contributed by atoms with Gasteiger partial charge in [0.2, 0.25) is 0 Å². The summed E-state index contributed by atoms with van der Waals surface area (Å²) in [5.74, 6) is 0. The van der Waals surface area contributed by atoms with E-state index in [1.807, 2.05) is 6.42 Å². The van der Waals surface area contributed by atoms with E-state index in [0.717, 1.165) is 12.8 Å². The summed E-state index contributed by atoms with van der Waals surface area (Å²) in [4.78, 5) is 0. The number of nitrogens with two attached hydrogens (primary N) is 1. The Labute approximate surface area is 43.3 Å². The van der Waals surface area contributed by atoms with Crippen LogP contribution in [0.2, 0.25) is 0 Å². The molecule has 7 heavy (non-hydrogen) atoms. The fourth-order valence-corrected chi connectivity index (χ4v) is 0.835. The lowest BCUT2D eigenvalue weighted by molar-refractivity contribution is 0.212. The third-order valence-electron chi connectivity index (χ3n) is 1.26. The van der Waals surface area contributed by atoms with Gasteiger partial charge in [0.15, 0.2) is 0 Å². The molecule has 41 valence electrons. The first-order valence-corrected chi connectivity index (χ1v) is 2.56. The summed E-state index contributed by atoms with van der Waals surface area (Å²) >= 11 is 0. The number of aliphatic hydroxyl groups is 1. The van der Waals surface area contributed by atoms with Gasteiger partial charge in [0.25, 0.3) is 0 Å². The van der Waals surface area contributed by atoms with Crippen molar-refractivity contribution in [3.05, 3.63) is 6.42 Å². The van der Waals surface area contributed by atoms with Crippen LogP contribution in [0.3, 0.4) is 0 Å². The Bertz CT molecular complexity index is 57.1. The summed E-state index contributed by atoms with van der Waals surface area (Å²) in [6, 6.07) is 0.218. The lowest BCUT2D eigenvalue weighted by Crippen LogP contribution is -2.15. The first-order valence-electron chi connectivity index (χ1n) is 2.56. The zero-order valence-electron chi connectivity index (χ0n) is 4.17. The highest BCUT2D eigenvalue weighted by molar-refractivity contribution is 4.90. The van der Waals surface area contributed by atoms with Crippen LogP contribution >= 0.6 is 0 Å². The molecule has 0 aromatic carbocycles. The maximum Gasteiger partial charge on any atom is 0.0587 e. The molecule has 2 unspecified atom stereocenters. The van der Waals surface area contributed by atoms with Gasteiger partial charge >= 0.3 is 0 Å². The molecule has 1 aliphatic rings. The van der Waals surface area contributed by atoms with Crippen LogP contribution in [0.5, 0.6) is 0 Å². The minimum Gasteiger partial charge on any atom is -0.393 e. The third kappa shape index (κ3) is 1.14. The molecule has 3 N–H and O–H groups in total. The van der Waals surface area contributed by atoms with Gasteiger partial charge < -0.3 is 10.8 Å². The Morgan fingerprint density at radius 1 is 1.71 bits per heavy atom. The second-order valence-corrected chi connectivity index (χ2v) is 2.03. The number of hydrogen-bond acceptors (Lipinski definition) is 2. The minimum atomic E-state index is -0.227. The molecule has 2 atom stereocenters. The van der Waals surface area contributed by atoms with E-state index < -0.39 is 0 Å². The molecule has 0 spiro atoms. The zero-order chi connectivity index (χ0) is 5.28. The van der Waals surface area contributed by atoms with E-state index in [1.165, 1.54) is 0 Å². The normalized spacial score (nSPS) is 42.0. The van der Waals surface area contributed by atoms with E-state index >= 15 is 0 Å². The SMILES string of the molecule is NC1C[CH]C(O)C1. The fourth-order valence-electron chi connectivity index (χ4n) is 0.835. The number of aliphatic hydroxyl groups excluding tert-OH is 1. The average molecular weight is 100 g/mol. The fraction of sp³-hybridized carbons (Fsp3) is 0.800. The van der Waals surface area contributed by atoms with E-state index in [-0.39, 0.29) is 12.1 Å². The van der Waals surface area contributed by atoms with Gasteiger partial charge in [0.05, 0.1) is 6.10 Å². The Hall–Kier alpha value is -0.0800. The van der Waals surface area contributed by atoms with Crippen molar-refractivity contribution in [2.24, 2.45) is 5.73 Å². The average Bonchev–Trinajstić information content (AvgIpc) is 1.87. The predicted octanol–water partition coefficient (Wildman–Crippen LogP) is -0.327. The Morgan fingerprint density at radius 3 is 2.57 bits per heavy atom. The molecular weight excluding hydrogens is 90.1 g/mol. The van der Waals surface area contributed by atoms with Crippen LogP contribution in [-0.2, 0) is 0 Å². The lowest BCUT2D eigenvalue weighted by Gasteiger charge is -1.96. The van der Waals surface area contributed by atoms with Crippen molar-refractivity contribution in [3.8, 4) is 0 Å². The second kappa shape index (κ2) is 1.80. The summed E-state index contributed by atoms with van der Waals surface area (Å²) in [6.45, 7) is 0. The van der Waals surface area contributed by atoms with E-state index in [1.54, 1.807) is 0 Å². The molecule has 0 aromatic rings. The van der Waals surface area contributed by atoms with Crippen molar-refractivity contribution in [2.45, 2.75) is 25.0 Å². The molecule has 2 nitrogen and oxygen atoms in total. The summed E-state index contributed by atoms with van der Waals surface area (Å²) < 4.78 is 0. The van der Waals surface area contributed by atoms with Crippen LogP contribution in [0.1, 0.15) is 12.8 Å². The van der Waals surface area contributed by atoms with E-state index in [2.05, 4.69) is 0 Å². The highest BCUT2D eigenvalue weighted by Gasteiger charge is 2.18. The maximum absolute atomic E-state index is 8.76. The van der Waals surface area contributed by atoms with Gasteiger partial charge in [0.1, 0.15) is 0 Å². The monoisotopic (exact) mass is 100 g/mol. The van der Waals surface area contributed by atoms with E-state index in [0.29, 0.717) is 0 Å². The van der Waals surface area contributed by atoms with Crippen molar-refractivity contribution in [2.75, 3.05) is 0 Å². The largest absolute Gasteiger partial charge is 0.393 e. The molecule has 1 saturated carbocycles. The van der Waals surface area contributed by atoms with Crippen LogP contribution in [0.15, 0.2) is 0 Å². The van der Waals surface area contributed by atoms with Crippen LogP contribution < -0.4 is 5.73 Å². The van der Waals surface area contributed by atoms with Gasteiger partial charge in [0, 0.05) is 6.04 Å². The highest BCUT2D eigenvalue weighted by Crippen LogP contribution is 2.14. The van der Waals surface area contributed by atoms with Gasteiger partial charge in [-0.2, -0.15) is 0 Å². The summed E-state index contributed by atoms with van der Waals surface area (Å²) in [7, 11) is 0. The lowest BCUT2D eigenvalue weighted by atomic mass is 10.3. The maximum atomic E-state index is 8.76. The molecule has 0 bridgehead atoms. The molecule has 1 radical (unpaired) electrons. The van der Waals surface area contributed by atoms with Gasteiger partial charge in [-0.3, -0.25) is 0 Å². The van der Waals surface area contributed by atoms with Crippen LogP contribution in [0, 0.1) is 6.42 Å². The highest BCUT2D eigenvalue weighted by atomic mass is 16.3. The molecule has 0 saturated heterocycles. The predicted molar refractivity (Wildman–Crippen MR) is 27.5 cm³/mol. The van der Waals surface area contributed by atoms with Crippen LogP contribution in [0.25, 0.3) is 0 Å². The van der Waals surface area contributed by atoms with E-state index in [4.69, 9.17) is 10.8 Å². The van der Waals surface area contributed by atoms with Crippen LogP contribution in [0.4, 0.5) is 0 Å². The minimum absolute atomic E-state index is 0.218. The van der Waals surface area contributed by atoms with Crippen molar-refractivity contribution in [1.82, 2.24) is 0 Å². The van der Waals surface area contributed by atoms with Gasteiger partial charge in [-0.15, -0.1) is 0 Å². The van der Waals surface area contributed by atoms with Crippen molar-refractivity contribution < 1.29 is 5.11 Å². The molecule has 0 amide bonds. The topological polar surface area (TPSA) is 46.2 Å². The first kappa shape index (κ1) is 5.06. The molecule has 1 fully saturated rings. The van der Waals surface area contributed by atoms with Crippen LogP contribution in [-0.4, -0.2) is 17.3 Å². The van der Waals surface area contributed by atoms with Crippen molar-refractivity contribution in [1.29, 1.82) is 0 Å².